The van der Waals surface area contributed by atoms with Crippen molar-refractivity contribution in [2.75, 3.05) is 54.1 Å². The molecule has 3 atom stereocenters. The third-order valence-electron chi connectivity index (χ3n) is 7.41. The summed E-state index contributed by atoms with van der Waals surface area (Å²) in [4.78, 5) is 22.1. The van der Waals surface area contributed by atoms with Crippen LogP contribution >= 0.6 is 0 Å². The Morgan fingerprint density at radius 1 is 1.17 bits per heavy atom. The number of ether oxygens (including phenoxy) is 3. The summed E-state index contributed by atoms with van der Waals surface area (Å²) in [6, 6.07) is 10.4. The average Bonchev–Trinajstić information content (AvgIpc) is 3.32. The van der Waals surface area contributed by atoms with Gasteiger partial charge in [-0.3, -0.25) is 14.7 Å². The van der Waals surface area contributed by atoms with Gasteiger partial charge in [0, 0.05) is 44.3 Å². The van der Waals surface area contributed by atoms with E-state index in [1.54, 1.807) is 26.6 Å². The van der Waals surface area contributed by atoms with Crippen LogP contribution in [0.4, 0.5) is 0 Å². The van der Waals surface area contributed by atoms with Crippen molar-refractivity contribution in [1.82, 2.24) is 20.1 Å². The summed E-state index contributed by atoms with van der Waals surface area (Å²) in [6.07, 6.45) is 7.77. The van der Waals surface area contributed by atoms with Crippen LogP contribution in [-0.2, 0) is 11.3 Å². The monoisotopic (exact) mass is 496 g/mol. The molecule has 0 saturated carbocycles. The number of piperidine rings is 1. The Morgan fingerprint density at radius 3 is 2.75 bits per heavy atom. The van der Waals surface area contributed by atoms with E-state index in [0.717, 1.165) is 62.6 Å². The molecule has 1 N–H and O–H groups in total. The van der Waals surface area contributed by atoms with Crippen LogP contribution in [0, 0.1) is 11.8 Å². The maximum Gasteiger partial charge on any atom is 0.224 e. The molecule has 196 valence electrons. The van der Waals surface area contributed by atoms with E-state index in [9.17, 15) is 4.79 Å². The van der Waals surface area contributed by atoms with Crippen molar-refractivity contribution in [2.45, 2.75) is 38.3 Å². The van der Waals surface area contributed by atoms with Crippen LogP contribution in [0.5, 0.6) is 17.2 Å². The molecule has 8 nitrogen and oxygen atoms in total. The molecule has 1 aromatic carbocycles. The maximum absolute atomic E-state index is 13.2. The molecule has 2 fully saturated rings. The van der Waals surface area contributed by atoms with Gasteiger partial charge in [0.25, 0.3) is 0 Å². The molecule has 0 spiro atoms. The number of hydrogen-bond donors (Lipinski definition) is 1. The van der Waals surface area contributed by atoms with E-state index >= 15 is 0 Å². The van der Waals surface area contributed by atoms with Gasteiger partial charge in [0.1, 0.15) is 5.75 Å². The van der Waals surface area contributed by atoms with E-state index in [4.69, 9.17) is 14.2 Å². The van der Waals surface area contributed by atoms with Gasteiger partial charge in [-0.1, -0.05) is 6.07 Å². The minimum absolute atomic E-state index is 0.0669. The number of amides is 1. The quantitative estimate of drug-likeness (QED) is 0.512. The molecule has 2 saturated heterocycles. The summed E-state index contributed by atoms with van der Waals surface area (Å²) in [7, 11) is 5.47. The minimum atomic E-state index is -0.0669. The maximum atomic E-state index is 13.2. The third kappa shape index (κ3) is 7.11. The lowest BCUT2D eigenvalue weighted by atomic mass is 9.88. The molecule has 36 heavy (non-hydrogen) atoms. The molecule has 2 aliphatic rings. The second-order valence-electron chi connectivity index (χ2n) is 10.0. The molecule has 2 aliphatic heterocycles. The molecule has 1 amide bonds. The molecule has 4 rings (SSSR count). The normalized spacial score (nSPS) is 22.8. The predicted molar refractivity (Wildman–Crippen MR) is 139 cm³/mol. The van der Waals surface area contributed by atoms with Crippen LogP contribution in [0.25, 0.3) is 0 Å². The van der Waals surface area contributed by atoms with Gasteiger partial charge < -0.3 is 24.4 Å². The van der Waals surface area contributed by atoms with E-state index in [2.05, 4.69) is 33.2 Å². The molecule has 1 aromatic heterocycles. The molecule has 0 radical (unpaired) electrons. The first-order valence-corrected chi connectivity index (χ1v) is 13.0. The Bertz CT molecular complexity index is 973. The Labute approximate surface area is 214 Å². The van der Waals surface area contributed by atoms with Gasteiger partial charge in [0.2, 0.25) is 5.91 Å². The molecule has 0 bridgehead atoms. The van der Waals surface area contributed by atoms with Gasteiger partial charge in [-0.05, 0) is 69.1 Å². The Morgan fingerprint density at radius 2 is 2.03 bits per heavy atom. The molecule has 2 aromatic rings. The lowest BCUT2D eigenvalue weighted by molar-refractivity contribution is -0.127. The van der Waals surface area contributed by atoms with Gasteiger partial charge in [0.15, 0.2) is 11.5 Å². The zero-order valence-corrected chi connectivity index (χ0v) is 21.8. The van der Waals surface area contributed by atoms with Crippen LogP contribution < -0.4 is 19.5 Å². The molecule has 8 heteroatoms. The first kappa shape index (κ1) is 26.2. The van der Waals surface area contributed by atoms with Crippen molar-refractivity contribution < 1.29 is 19.0 Å². The van der Waals surface area contributed by atoms with E-state index in [-0.39, 0.29) is 17.7 Å². The highest BCUT2D eigenvalue weighted by Crippen LogP contribution is 2.30. The van der Waals surface area contributed by atoms with Crippen LogP contribution in [-0.4, -0.2) is 80.8 Å². The van der Waals surface area contributed by atoms with Crippen molar-refractivity contribution in [3.05, 3.63) is 48.3 Å². The Balaban J connectivity index is 1.39. The Hall–Kier alpha value is -2.84. The number of nitrogens with zero attached hydrogens (tertiary/aromatic N) is 3. The van der Waals surface area contributed by atoms with Crippen LogP contribution in [0.3, 0.4) is 0 Å². The highest BCUT2D eigenvalue weighted by molar-refractivity contribution is 5.79. The number of pyridine rings is 1. The van der Waals surface area contributed by atoms with Crippen LogP contribution in [0.15, 0.2) is 42.7 Å². The van der Waals surface area contributed by atoms with E-state index in [1.165, 1.54) is 12.8 Å². The number of hydrogen-bond acceptors (Lipinski definition) is 7. The van der Waals surface area contributed by atoms with Gasteiger partial charge >= 0.3 is 0 Å². The summed E-state index contributed by atoms with van der Waals surface area (Å²) < 4.78 is 16.9. The number of aromatic nitrogens is 1. The number of carbonyl (C=O) groups excluding carboxylic acids is 1. The van der Waals surface area contributed by atoms with Crippen molar-refractivity contribution in [3.8, 4) is 17.2 Å². The van der Waals surface area contributed by atoms with Gasteiger partial charge in [0.05, 0.1) is 32.9 Å². The summed E-state index contributed by atoms with van der Waals surface area (Å²) in [5.74, 6) is 2.52. The largest absolute Gasteiger partial charge is 0.493 e. The average molecular weight is 497 g/mol. The number of benzene rings is 1. The fourth-order valence-electron chi connectivity index (χ4n) is 5.48. The summed E-state index contributed by atoms with van der Waals surface area (Å²) in [5.41, 5.74) is 1.13. The van der Waals surface area contributed by atoms with E-state index < -0.39 is 0 Å². The lowest BCUT2D eigenvalue weighted by Crippen LogP contribution is -2.47. The van der Waals surface area contributed by atoms with Crippen LogP contribution in [0.1, 0.15) is 31.2 Å². The molecular weight excluding hydrogens is 456 g/mol. The standard InChI is InChI=1S/C28H40N4O4/c1-31-13-5-6-24(31)10-12-30-28(33)23-14-22(20-36-25-7-4-11-29-16-25)18-32(19-23)17-21-8-9-26(34-2)27(15-21)35-3/h4,7-9,11,15-16,22-24H,5-6,10,12-14,17-20H2,1-3H3,(H,30,33)/t22-,23+,24+/m0/s1. The SMILES string of the molecule is COc1ccc(CN2C[C@@H](COc3cccnc3)C[C@@H](C(=O)NCC[C@H]3CCCN3C)C2)cc1OC. The summed E-state index contributed by atoms with van der Waals surface area (Å²) in [5, 5.41) is 3.23. The zero-order valence-electron chi connectivity index (χ0n) is 21.8. The predicted octanol–water partition coefficient (Wildman–Crippen LogP) is 3.22. The zero-order chi connectivity index (χ0) is 25.3. The fraction of sp³-hybridized carbons (Fsp3) is 0.571. The highest BCUT2D eigenvalue weighted by Gasteiger charge is 2.32. The van der Waals surface area contributed by atoms with Crippen molar-refractivity contribution in [2.24, 2.45) is 11.8 Å². The van der Waals surface area contributed by atoms with E-state index in [0.29, 0.717) is 18.4 Å². The Kier molecular flexibility index (Phi) is 9.41. The van der Waals surface area contributed by atoms with Crippen molar-refractivity contribution in [1.29, 1.82) is 0 Å². The number of carbonyl (C=O) groups is 1. The smallest absolute Gasteiger partial charge is 0.224 e. The topological polar surface area (TPSA) is 76.2 Å². The number of methoxy groups -OCH3 is 2. The van der Waals surface area contributed by atoms with Crippen molar-refractivity contribution >= 4 is 5.91 Å². The molecular formula is C28H40N4O4. The first-order chi connectivity index (χ1) is 17.6. The van der Waals surface area contributed by atoms with Gasteiger partial charge in [-0.2, -0.15) is 0 Å². The molecule has 0 aliphatic carbocycles. The second-order valence-corrected chi connectivity index (χ2v) is 10.0. The first-order valence-electron chi connectivity index (χ1n) is 13.0. The van der Waals surface area contributed by atoms with Gasteiger partial charge in [-0.15, -0.1) is 0 Å². The number of rotatable bonds is 11. The summed E-state index contributed by atoms with van der Waals surface area (Å²) in [6.45, 7) is 4.78. The van der Waals surface area contributed by atoms with Gasteiger partial charge in [-0.25, -0.2) is 0 Å². The molecule has 0 unspecified atom stereocenters. The molecule has 3 heterocycles. The van der Waals surface area contributed by atoms with E-state index in [1.807, 2.05) is 24.3 Å². The fourth-order valence-corrected chi connectivity index (χ4v) is 5.48. The number of nitrogens with one attached hydrogen (secondary N) is 1. The minimum Gasteiger partial charge on any atom is -0.493 e. The third-order valence-corrected chi connectivity index (χ3v) is 7.41. The van der Waals surface area contributed by atoms with Crippen molar-refractivity contribution in [3.63, 3.8) is 0 Å². The highest BCUT2D eigenvalue weighted by atomic mass is 16.5. The number of likely N-dealkylation sites (tertiary alicyclic amines) is 2. The lowest BCUT2D eigenvalue weighted by Gasteiger charge is -2.37. The van der Waals surface area contributed by atoms with Crippen LogP contribution in [0.2, 0.25) is 0 Å². The second kappa shape index (κ2) is 12.9. The summed E-state index contributed by atoms with van der Waals surface area (Å²) >= 11 is 0.